The normalized spacial score (nSPS) is 10.6. The molecule has 0 bridgehead atoms. The van der Waals surface area contributed by atoms with Crippen LogP contribution in [0.1, 0.15) is 12.5 Å². The fourth-order valence-corrected chi connectivity index (χ4v) is 1.87. The smallest absolute Gasteiger partial charge is 0.336 e. The van der Waals surface area contributed by atoms with Crippen molar-refractivity contribution < 1.29 is 23.6 Å². The largest absolute Gasteiger partial charge is 0.494 e. The van der Waals surface area contributed by atoms with Crippen LogP contribution in [0, 0.1) is 15.9 Å². The molecule has 2 rings (SSSR count). The minimum atomic E-state index is -0.849. The lowest BCUT2D eigenvalue weighted by Crippen LogP contribution is -2.06. The van der Waals surface area contributed by atoms with Crippen LogP contribution in [-0.2, 0) is 4.79 Å². The van der Waals surface area contributed by atoms with Crippen molar-refractivity contribution in [1.29, 1.82) is 0 Å². The van der Waals surface area contributed by atoms with Gasteiger partial charge in [-0.05, 0) is 36.8 Å². The number of nitro benzene ring substituents is 1. The molecule has 0 saturated heterocycles. The first kappa shape index (κ1) is 17.1. The third kappa shape index (κ3) is 4.64. The highest BCUT2D eigenvalue weighted by atomic mass is 19.1. The minimum absolute atomic E-state index is 0.443. The van der Waals surface area contributed by atoms with Crippen molar-refractivity contribution in [2.75, 3.05) is 6.61 Å². The van der Waals surface area contributed by atoms with Crippen LogP contribution in [0.4, 0.5) is 10.1 Å². The second-order valence-electron chi connectivity index (χ2n) is 4.63. The molecule has 0 aliphatic carbocycles. The van der Waals surface area contributed by atoms with Gasteiger partial charge in [-0.15, -0.1) is 0 Å². The molecular formula is C17H14FNO5. The van der Waals surface area contributed by atoms with Crippen LogP contribution in [0.2, 0.25) is 0 Å². The Labute approximate surface area is 137 Å². The number of esters is 1. The van der Waals surface area contributed by atoms with Crippen molar-refractivity contribution in [2.45, 2.75) is 6.92 Å². The topological polar surface area (TPSA) is 78.7 Å². The Morgan fingerprint density at radius 3 is 2.58 bits per heavy atom. The highest BCUT2D eigenvalue weighted by molar-refractivity contribution is 5.89. The molecule has 0 aromatic heterocycles. The molecule has 0 amide bonds. The van der Waals surface area contributed by atoms with Crippen molar-refractivity contribution in [3.63, 3.8) is 0 Å². The molecular weight excluding hydrogens is 317 g/mol. The number of hydrogen-bond donors (Lipinski definition) is 0. The van der Waals surface area contributed by atoms with Crippen molar-refractivity contribution in [2.24, 2.45) is 0 Å². The van der Waals surface area contributed by atoms with Gasteiger partial charge in [0.05, 0.1) is 11.5 Å². The van der Waals surface area contributed by atoms with Crippen LogP contribution in [0.5, 0.6) is 11.5 Å². The number of nitro groups is 1. The average molecular weight is 331 g/mol. The lowest BCUT2D eigenvalue weighted by molar-refractivity contribution is -0.385. The predicted molar refractivity (Wildman–Crippen MR) is 85.3 cm³/mol. The molecule has 2 aromatic rings. The van der Waals surface area contributed by atoms with Crippen LogP contribution in [0.25, 0.3) is 6.08 Å². The molecule has 0 radical (unpaired) electrons. The number of hydrogen-bond acceptors (Lipinski definition) is 5. The van der Waals surface area contributed by atoms with Crippen LogP contribution in [-0.4, -0.2) is 17.5 Å². The van der Waals surface area contributed by atoms with Crippen LogP contribution < -0.4 is 9.47 Å². The second-order valence-corrected chi connectivity index (χ2v) is 4.63. The van der Waals surface area contributed by atoms with Crippen molar-refractivity contribution in [1.82, 2.24) is 0 Å². The summed E-state index contributed by atoms with van der Waals surface area (Å²) < 4.78 is 23.3. The third-order valence-electron chi connectivity index (χ3n) is 2.93. The van der Waals surface area contributed by atoms with E-state index in [-0.39, 0.29) is 0 Å². The molecule has 6 nitrogen and oxygen atoms in total. The van der Waals surface area contributed by atoms with E-state index in [9.17, 15) is 19.3 Å². The summed E-state index contributed by atoms with van der Waals surface area (Å²) in [6.45, 7) is 2.42. The van der Waals surface area contributed by atoms with Gasteiger partial charge >= 0.3 is 11.7 Å². The Balaban J connectivity index is 2.08. The first-order valence-electron chi connectivity index (χ1n) is 7.06. The zero-order valence-electron chi connectivity index (χ0n) is 12.8. The van der Waals surface area contributed by atoms with E-state index >= 15 is 0 Å². The van der Waals surface area contributed by atoms with E-state index in [4.69, 9.17) is 9.47 Å². The van der Waals surface area contributed by atoms with Crippen molar-refractivity contribution in [3.8, 4) is 11.5 Å². The minimum Gasteiger partial charge on any atom is -0.494 e. The maximum Gasteiger partial charge on any atom is 0.336 e. The first-order chi connectivity index (χ1) is 11.5. The van der Waals surface area contributed by atoms with Gasteiger partial charge < -0.3 is 9.47 Å². The summed E-state index contributed by atoms with van der Waals surface area (Å²) in [5.74, 6) is -1.33. The van der Waals surface area contributed by atoms with Gasteiger partial charge in [0.15, 0.2) is 0 Å². The van der Waals surface area contributed by atoms with E-state index in [1.54, 1.807) is 24.3 Å². The molecule has 0 unspecified atom stereocenters. The van der Waals surface area contributed by atoms with E-state index in [1.807, 2.05) is 6.92 Å². The van der Waals surface area contributed by atoms with Crippen LogP contribution >= 0.6 is 0 Å². The second kappa shape index (κ2) is 7.87. The molecule has 0 N–H and O–H groups in total. The molecule has 2 aromatic carbocycles. The van der Waals surface area contributed by atoms with Gasteiger partial charge in [0.1, 0.15) is 11.6 Å². The van der Waals surface area contributed by atoms with Crippen molar-refractivity contribution in [3.05, 3.63) is 70.0 Å². The quantitative estimate of drug-likeness (QED) is 0.265. The molecule has 124 valence electrons. The highest BCUT2D eigenvalue weighted by Gasteiger charge is 2.17. The fraction of sp³-hybridized carbons (Fsp3) is 0.118. The standard InChI is InChI=1S/C17H14FNO5/c1-2-23-14-7-3-12(4-8-14)5-10-17(20)24-16-11-13(18)6-9-15(16)19(21)22/h3-11H,2H2,1H3/b10-5+. The maximum absolute atomic E-state index is 13.2. The SMILES string of the molecule is CCOc1ccc(/C=C/C(=O)Oc2cc(F)ccc2[N+](=O)[O-])cc1. The number of nitrogens with zero attached hydrogens (tertiary/aromatic N) is 1. The van der Waals surface area contributed by atoms with Gasteiger partial charge in [0.2, 0.25) is 5.75 Å². The van der Waals surface area contributed by atoms with Gasteiger partial charge in [-0.3, -0.25) is 10.1 Å². The third-order valence-corrected chi connectivity index (χ3v) is 2.93. The van der Waals surface area contributed by atoms with Crippen LogP contribution in [0.15, 0.2) is 48.5 Å². The van der Waals surface area contributed by atoms with Gasteiger partial charge in [-0.25, -0.2) is 9.18 Å². The molecule has 0 saturated carbocycles. The Morgan fingerprint density at radius 1 is 1.25 bits per heavy atom. The van der Waals surface area contributed by atoms with Gasteiger partial charge in [-0.2, -0.15) is 0 Å². The van der Waals surface area contributed by atoms with E-state index in [0.29, 0.717) is 17.9 Å². The molecule has 7 heteroatoms. The molecule has 0 aliphatic rings. The van der Waals surface area contributed by atoms with E-state index < -0.39 is 28.1 Å². The average Bonchev–Trinajstić information content (AvgIpc) is 2.54. The van der Waals surface area contributed by atoms with Gasteiger partial charge in [0, 0.05) is 18.2 Å². The van der Waals surface area contributed by atoms with E-state index in [0.717, 1.165) is 24.3 Å². The number of carbonyl (C=O) groups excluding carboxylic acids is 1. The van der Waals surface area contributed by atoms with Gasteiger partial charge in [0.25, 0.3) is 0 Å². The number of benzene rings is 2. The first-order valence-corrected chi connectivity index (χ1v) is 7.06. The Hall–Kier alpha value is -3.22. The molecule has 0 atom stereocenters. The molecule has 0 fully saturated rings. The zero-order chi connectivity index (χ0) is 17.5. The van der Waals surface area contributed by atoms with Gasteiger partial charge in [-0.1, -0.05) is 12.1 Å². The fourth-order valence-electron chi connectivity index (χ4n) is 1.87. The number of carbonyl (C=O) groups is 1. The number of rotatable bonds is 6. The molecule has 0 spiro atoms. The van der Waals surface area contributed by atoms with Crippen molar-refractivity contribution >= 4 is 17.7 Å². The van der Waals surface area contributed by atoms with E-state index in [2.05, 4.69) is 0 Å². The Morgan fingerprint density at radius 2 is 1.96 bits per heavy atom. The Kier molecular flexibility index (Phi) is 5.62. The molecule has 24 heavy (non-hydrogen) atoms. The highest BCUT2D eigenvalue weighted by Crippen LogP contribution is 2.27. The number of ether oxygens (including phenoxy) is 2. The summed E-state index contributed by atoms with van der Waals surface area (Å²) in [5.41, 5.74) is 0.225. The Bertz CT molecular complexity index is 771. The summed E-state index contributed by atoms with van der Waals surface area (Å²) in [5, 5.41) is 10.8. The monoisotopic (exact) mass is 331 g/mol. The van der Waals surface area contributed by atoms with Crippen LogP contribution in [0.3, 0.4) is 0 Å². The maximum atomic E-state index is 13.2. The summed E-state index contributed by atoms with van der Waals surface area (Å²) in [7, 11) is 0. The lowest BCUT2D eigenvalue weighted by Gasteiger charge is -2.03. The summed E-state index contributed by atoms with van der Waals surface area (Å²) >= 11 is 0. The summed E-state index contributed by atoms with van der Waals surface area (Å²) in [6.07, 6.45) is 2.58. The lowest BCUT2D eigenvalue weighted by atomic mass is 10.2. The zero-order valence-corrected chi connectivity index (χ0v) is 12.8. The molecule has 0 heterocycles. The summed E-state index contributed by atoms with van der Waals surface area (Å²) in [6, 6.07) is 9.61. The number of halogens is 1. The molecule has 0 aliphatic heterocycles. The predicted octanol–water partition coefficient (Wildman–Crippen LogP) is 3.75. The summed E-state index contributed by atoms with van der Waals surface area (Å²) in [4.78, 5) is 21.9. The van der Waals surface area contributed by atoms with E-state index in [1.165, 1.54) is 6.08 Å².